The molecule has 0 fully saturated rings. The van der Waals surface area contributed by atoms with Crippen molar-refractivity contribution in [3.8, 4) is 5.75 Å². The van der Waals surface area contributed by atoms with Crippen molar-refractivity contribution in [2.45, 2.75) is 79.6 Å². The van der Waals surface area contributed by atoms with Crippen LogP contribution < -0.4 is 4.74 Å². The Hall–Kier alpha value is -0.980. The number of hydrogen-bond donors (Lipinski definition) is 0. The van der Waals surface area contributed by atoms with Crippen LogP contribution in [0, 0.1) is 5.41 Å². The van der Waals surface area contributed by atoms with Gasteiger partial charge in [0.2, 0.25) is 0 Å². The van der Waals surface area contributed by atoms with Crippen LogP contribution in [0.25, 0.3) is 0 Å². The second kappa shape index (κ2) is 5.66. The predicted octanol–water partition coefficient (Wildman–Crippen LogP) is 5.88. The maximum absolute atomic E-state index is 5.82. The molecule has 1 heteroatoms. The highest BCUT2D eigenvalue weighted by Crippen LogP contribution is 2.47. The van der Waals surface area contributed by atoms with Crippen LogP contribution in [0.5, 0.6) is 5.75 Å². The molecule has 0 aliphatic heterocycles. The fraction of sp³-hybridized carbons (Fsp3) is 0.700. The number of methoxy groups -OCH3 is 1. The summed E-state index contributed by atoms with van der Waals surface area (Å²) >= 11 is 0. The lowest BCUT2D eigenvalue weighted by atomic mass is 9.64. The van der Waals surface area contributed by atoms with Gasteiger partial charge in [-0.1, -0.05) is 74.4 Å². The van der Waals surface area contributed by atoms with Crippen LogP contribution >= 0.6 is 0 Å². The zero-order valence-electron chi connectivity index (χ0n) is 15.8. The second-order valence-corrected chi connectivity index (χ2v) is 8.69. The van der Waals surface area contributed by atoms with E-state index in [1.54, 1.807) is 7.11 Å². The third-order valence-corrected chi connectivity index (χ3v) is 5.17. The third-order valence-electron chi connectivity index (χ3n) is 5.17. The molecule has 0 aromatic heterocycles. The van der Waals surface area contributed by atoms with Crippen LogP contribution in [0.3, 0.4) is 0 Å². The minimum atomic E-state index is 0.0452. The molecule has 120 valence electrons. The van der Waals surface area contributed by atoms with Crippen LogP contribution in [0.15, 0.2) is 12.1 Å². The molecule has 0 unspecified atom stereocenters. The molecule has 1 aromatic rings. The van der Waals surface area contributed by atoms with Crippen molar-refractivity contribution in [3.63, 3.8) is 0 Å². The monoisotopic (exact) mass is 290 g/mol. The molecular weight excluding hydrogens is 256 g/mol. The quantitative estimate of drug-likeness (QED) is 0.675. The Balaban J connectivity index is 3.70. The van der Waals surface area contributed by atoms with E-state index in [1.165, 1.54) is 16.7 Å². The summed E-state index contributed by atoms with van der Waals surface area (Å²) in [4.78, 5) is 0. The van der Waals surface area contributed by atoms with E-state index in [-0.39, 0.29) is 16.2 Å². The Morgan fingerprint density at radius 2 is 1.43 bits per heavy atom. The van der Waals surface area contributed by atoms with E-state index in [9.17, 15) is 0 Å². The van der Waals surface area contributed by atoms with Crippen LogP contribution in [0.1, 0.15) is 79.0 Å². The van der Waals surface area contributed by atoms with Gasteiger partial charge in [-0.15, -0.1) is 0 Å². The van der Waals surface area contributed by atoms with Crippen molar-refractivity contribution < 1.29 is 4.74 Å². The van der Waals surface area contributed by atoms with Crippen molar-refractivity contribution in [2.24, 2.45) is 5.41 Å². The largest absolute Gasteiger partial charge is 0.496 e. The minimum Gasteiger partial charge on any atom is -0.496 e. The summed E-state index contributed by atoms with van der Waals surface area (Å²) in [7, 11) is 1.80. The van der Waals surface area contributed by atoms with Gasteiger partial charge in [-0.2, -0.15) is 0 Å². The molecule has 1 aromatic carbocycles. The van der Waals surface area contributed by atoms with Gasteiger partial charge in [0.25, 0.3) is 0 Å². The predicted molar refractivity (Wildman–Crippen MR) is 93.6 cm³/mol. The van der Waals surface area contributed by atoms with Gasteiger partial charge in [0.05, 0.1) is 7.11 Å². The van der Waals surface area contributed by atoms with Gasteiger partial charge >= 0.3 is 0 Å². The molecule has 0 aliphatic carbocycles. The SMILES string of the molecule is CCc1cc(C(C)(C)C)cc(C(C)(C)C(C)(C)C)c1OC. The molecule has 0 heterocycles. The lowest BCUT2D eigenvalue weighted by Crippen LogP contribution is -2.35. The van der Waals surface area contributed by atoms with Crippen molar-refractivity contribution in [2.75, 3.05) is 7.11 Å². The van der Waals surface area contributed by atoms with Crippen molar-refractivity contribution in [1.82, 2.24) is 0 Å². The Kier molecular flexibility index (Phi) is 4.87. The first-order chi connectivity index (χ1) is 9.36. The summed E-state index contributed by atoms with van der Waals surface area (Å²) < 4.78 is 5.82. The molecule has 0 saturated carbocycles. The van der Waals surface area contributed by atoms with E-state index in [0.717, 1.165) is 12.2 Å². The average molecular weight is 290 g/mol. The van der Waals surface area contributed by atoms with Gasteiger partial charge in [0, 0.05) is 5.56 Å². The summed E-state index contributed by atoms with van der Waals surface area (Å²) in [5, 5.41) is 0. The number of aryl methyl sites for hydroxylation is 1. The highest BCUT2D eigenvalue weighted by Gasteiger charge is 2.38. The van der Waals surface area contributed by atoms with E-state index in [2.05, 4.69) is 74.4 Å². The Labute approximate surface area is 132 Å². The van der Waals surface area contributed by atoms with Gasteiger partial charge in [0.15, 0.2) is 0 Å². The number of rotatable bonds is 3. The van der Waals surface area contributed by atoms with E-state index >= 15 is 0 Å². The first kappa shape index (κ1) is 18.1. The topological polar surface area (TPSA) is 9.23 Å². The lowest BCUT2D eigenvalue weighted by molar-refractivity contribution is 0.218. The third kappa shape index (κ3) is 3.44. The normalized spacial score (nSPS) is 13.4. The van der Waals surface area contributed by atoms with E-state index < -0.39 is 0 Å². The molecule has 0 saturated heterocycles. The molecule has 1 rings (SSSR count). The summed E-state index contributed by atoms with van der Waals surface area (Å²) in [5.41, 5.74) is 4.41. The summed E-state index contributed by atoms with van der Waals surface area (Å²) in [6.45, 7) is 20.6. The maximum Gasteiger partial charge on any atom is 0.125 e. The number of benzene rings is 1. The maximum atomic E-state index is 5.82. The van der Waals surface area contributed by atoms with Crippen molar-refractivity contribution >= 4 is 0 Å². The van der Waals surface area contributed by atoms with E-state index in [4.69, 9.17) is 4.74 Å². The zero-order valence-corrected chi connectivity index (χ0v) is 15.8. The molecule has 0 aliphatic rings. The number of ether oxygens (including phenoxy) is 1. The first-order valence-corrected chi connectivity index (χ1v) is 8.08. The summed E-state index contributed by atoms with van der Waals surface area (Å²) in [5.74, 6) is 1.07. The van der Waals surface area contributed by atoms with E-state index in [0.29, 0.717) is 0 Å². The molecule has 0 atom stereocenters. The van der Waals surface area contributed by atoms with Crippen molar-refractivity contribution in [1.29, 1.82) is 0 Å². The lowest BCUT2D eigenvalue weighted by Gasteiger charge is -2.41. The molecule has 0 radical (unpaired) electrons. The molecule has 0 spiro atoms. The highest BCUT2D eigenvalue weighted by atomic mass is 16.5. The van der Waals surface area contributed by atoms with Crippen LogP contribution in [0.4, 0.5) is 0 Å². The molecule has 1 nitrogen and oxygen atoms in total. The van der Waals surface area contributed by atoms with Gasteiger partial charge in [0.1, 0.15) is 5.75 Å². The van der Waals surface area contributed by atoms with Gasteiger partial charge in [-0.25, -0.2) is 0 Å². The summed E-state index contributed by atoms with van der Waals surface area (Å²) in [6.07, 6.45) is 1.00. The number of hydrogen-bond acceptors (Lipinski definition) is 1. The molecule has 0 N–H and O–H groups in total. The smallest absolute Gasteiger partial charge is 0.125 e. The minimum absolute atomic E-state index is 0.0452. The average Bonchev–Trinajstić information content (AvgIpc) is 2.34. The summed E-state index contributed by atoms with van der Waals surface area (Å²) in [6, 6.07) is 4.68. The Morgan fingerprint density at radius 1 is 0.905 bits per heavy atom. The first-order valence-electron chi connectivity index (χ1n) is 8.08. The van der Waals surface area contributed by atoms with Crippen LogP contribution in [-0.4, -0.2) is 7.11 Å². The van der Waals surface area contributed by atoms with Crippen LogP contribution in [0.2, 0.25) is 0 Å². The van der Waals surface area contributed by atoms with Gasteiger partial charge < -0.3 is 4.74 Å². The van der Waals surface area contributed by atoms with Crippen LogP contribution in [-0.2, 0) is 17.3 Å². The molecule has 0 bridgehead atoms. The zero-order chi connectivity index (χ0) is 16.6. The Bertz CT molecular complexity index is 496. The fourth-order valence-electron chi connectivity index (χ4n) is 2.49. The Morgan fingerprint density at radius 3 is 1.76 bits per heavy atom. The van der Waals surface area contributed by atoms with Gasteiger partial charge in [-0.3, -0.25) is 0 Å². The standard InChI is InChI=1S/C20H34O/c1-11-14-12-15(18(2,3)4)13-16(17(14)21-10)20(8,9)19(5,6)7/h12-13H,11H2,1-10H3. The van der Waals surface area contributed by atoms with Crippen molar-refractivity contribution in [3.05, 3.63) is 28.8 Å². The second-order valence-electron chi connectivity index (χ2n) is 8.69. The molecular formula is C20H34O. The highest BCUT2D eigenvalue weighted by molar-refractivity contribution is 5.50. The van der Waals surface area contributed by atoms with Gasteiger partial charge in [-0.05, 0) is 33.8 Å². The molecule has 21 heavy (non-hydrogen) atoms. The fourth-order valence-corrected chi connectivity index (χ4v) is 2.49. The van der Waals surface area contributed by atoms with E-state index in [1.807, 2.05) is 0 Å². The molecule has 0 amide bonds.